The maximum absolute atomic E-state index is 14.2. The minimum absolute atomic E-state index is 0.197. The number of benzene rings is 2. The van der Waals surface area contributed by atoms with E-state index in [1.807, 2.05) is 6.07 Å². The molecule has 3 N–H and O–H groups in total. The van der Waals surface area contributed by atoms with Gasteiger partial charge in [0.15, 0.2) is 4.90 Å². The third-order valence-corrected chi connectivity index (χ3v) is 8.34. The molecule has 1 aliphatic heterocycles. The van der Waals surface area contributed by atoms with Crippen LogP contribution >= 0.6 is 11.6 Å². The van der Waals surface area contributed by atoms with Gasteiger partial charge in [-0.05, 0) is 68.7 Å². The van der Waals surface area contributed by atoms with E-state index in [1.54, 1.807) is 32.6 Å². The molecular weight excluding hydrogens is 595 g/mol. The Kier molecular flexibility index (Phi) is 10.6. The average molecular weight is 628 g/mol. The Bertz CT molecular complexity index is 1370. The van der Waals surface area contributed by atoms with Crippen LogP contribution in [0.15, 0.2) is 29.2 Å². The first kappa shape index (κ1) is 33.3. The van der Waals surface area contributed by atoms with Gasteiger partial charge in [-0.2, -0.15) is 18.4 Å². The Morgan fingerprint density at radius 3 is 2.38 bits per heavy atom. The highest BCUT2D eigenvalue weighted by Gasteiger charge is 2.37. The Morgan fingerprint density at radius 1 is 1.19 bits per heavy atom. The molecule has 2 amide bonds. The van der Waals surface area contributed by atoms with Crippen molar-refractivity contribution in [3.05, 3.63) is 57.1 Å². The number of carbonyl (C=O) groups excluding carboxylic acids is 2. The zero-order valence-corrected chi connectivity index (χ0v) is 25.3. The first-order valence-corrected chi connectivity index (χ1v) is 14.8. The standard InChI is InChI=1S/C28H33ClF3N5O4S/c1-5-42(40)22-7-6-17(14-33)12-18(22)15-35-25(38)19-13-21(28(30,31)32)20(23(29)24(19)34)16-36-8-10-37(11-9-36)26(39)41-27(2,3)4/h6-7,12-13H,5,8-11,15-16,34H2,1-4H3,(H,35,38). The lowest BCUT2D eigenvalue weighted by atomic mass is 9.99. The number of nitrogens with two attached hydrogens (primary N) is 1. The molecule has 1 aliphatic rings. The highest BCUT2D eigenvalue weighted by Crippen LogP contribution is 2.40. The van der Waals surface area contributed by atoms with Crippen molar-refractivity contribution in [3.8, 4) is 6.07 Å². The summed E-state index contributed by atoms with van der Waals surface area (Å²) in [5, 5.41) is 11.4. The zero-order chi connectivity index (χ0) is 31.4. The number of nitrogens with one attached hydrogen (secondary N) is 1. The molecule has 1 saturated heterocycles. The Morgan fingerprint density at radius 2 is 1.83 bits per heavy atom. The monoisotopic (exact) mass is 627 g/mol. The molecule has 3 rings (SSSR count). The fraction of sp³-hybridized carbons (Fsp3) is 0.464. The van der Waals surface area contributed by atoms with E-state index >= 15 is 0 Å². The van der Waals surface area contributed by atoms with Gasteiger partial charge in [-0.3, -0.25) is 9.69 Å². The SMILES string of the molecule is CC[S+]([O-])c1ccc(C#N)cc1CNC(=O)c1cc(C(F)(F)F)c(CN2CCN(C(=O)OC(C)(C)C)CC2)c(Cl)c1N. The normalized spacial score (nSPS) is 15.2. The Hall–Kier alpha value is -3.18. The van der Waals surface area contributed by atoms with Gasteiger partial charge < -0.3 is 25.2 Å². The van der Waals surface area contributed by atoms with E-state index in [-0.39, 0.29) is 61.1 Å². The van der Waals surface area contributed by atoms with Gasteiger partial charge in [-0.25, -0.2) is 4.79 Å². The molecule has 2 aromatic carbocycles. The third kappa shape index (κ3) is 8.22. The number of nitriles is 1. The van der Waals surface area contributed by atoms with E-state index in [2.05, 4.69) is 5.32 Å². The molecule has 1 unspecified atom stereocenters. The summed E-state index contributed by atoms with van der Waals surface area (Å²) in [4.78, 5) is 29.0. The predicted molar refractivity (Wildman–Crippen MR) is 153 cm³/mol. The van der Waals surface area contributed by atoms with Gasteiger partial charge in [-0.15, -0.1) is 0 Å². The van der Waals surface area contributed by atoms with Crippen molar-refractivity contribution in [1.82, 2.24) is 15.1 Å². The maximum Gasteiger partial charge on any atom is 0.416 e. The molecule has 0 spiro atoms. The maximum atomic E-state index is 14.2. The van der Waals surface area contributed by atoms with Crippen molar-refractivity contribution < 1.29 is 32.0 Å². The summed E-state index contributed by atoms with van der Waals surface area (Å²) >= 11 is 4.97. The summed E-state index contributed by atoms with van der Waals surface area (Å²) < 4.78 is 60.4. The molecule has 14 heteroatoms. The second-order valence-electron chi connectivity index (χ2n) is 10.7. The lowest BCUT2D eigenvalue weighted by Gasteiger charge is -2.36. The molecule has 0 bridgehead atoms. The number of piperazine rings is 1. The minimum atomic E-state index is -4.84. The van der Waals surface area contributed by atoms with Crippen molar-refractivity contribution in [2.24, 2.45) is 0 Å². The van der Waals surface area contributed by atoms with Crippen LogP contribution < -0.4 is 11.1 Å². The summed E-state index contributed by atoms with van der Waals surface area (Å²) in [6.45, 7) is 7.60. The van der Waals surface area contributed by atoms with Crippen LogP contribution in [0.25, 0.3) is 0 Å². The number of halogens is 4. The molecule has 1 heterocycles. The third-order valence-electron chi connectivity index (χ3n) is 6.50. The molecule has 2 aromatic rings. The quantitative estimate of drug-likeness (QED) is 0.329. The fourth-order valence-electron chi connectivity index (χ4n) is 4.38. The largest absolute Gasteiger partial charge is 0.611 e. The molecule has 1 fully saturated rings. The van der Waals surface area contributed by atoms with Crippen LogP contribution in [0, 0.1) is 11.3 Å². The first-order chi connectivity index (χ1) is 19.6. The van der Waals surface area contributed by atoms with Gasteiger partial charge in [0, 0.05) is 44.8 Å². The van der Waals surface area contributed by atoms with Gasteiger partial charge in [0.2, 0.25) is 0 Å². The number of ether oxygens (including phenoxy) is 1. The Balaban J connectivity index is 1.82. The summed E-state index contributed by atoms with van der Waals surface area (Å²) in [6, 6.07) is 7.13. The second-order valence-corrected chi connectivity index (χ2v) is 12.8. The molecule has 9 nitrogen and oxygen atoms in total. The van der Waals surface area contributed by atoms with Crippen molar-refractivity contribution in [2.45, 2.75) is 57.5 Å². The second kappa shape index (κ2) is 13.4. The van der Waals surface area contributed by atoms with Crippen molar-refractivity contribution >= 4 is 40.5 Å². The molecule has 228 valence electrons. The van der Waals surface area contributed by atoms with E-state index < -0.39 is 46.1 Å². The van der Waals surface area contributed by atoms with Gasteiger partial charge >= 0.3 is 12.3 Å². The van der Waals surface area contributed by atoms with Crippen LogP contribution in [0.2, 0.25) is 5.02 Å². The number of carbonyl (C=O) groups is 2. The lowest BCUT2D eigenvalue weighted by Crippen LogP contribution is -2.49. The predicted octanol–water partition coefficient (Wildman–Crippen LogP) is 4.92. The number of hydrogen-bond acceptors (Lipinski definition) is 7. The molecule has 0 aromatic heterocycles. The number of rotatable bonds is 7. The summed E-state index contributed by atoms with van der Waals surface area (Å²) in [7, 11) is 0. The van der Waals surface area contributed by atoms with Gasteiger partial charge in [0.05, 0.1) is 33.5 Å². The number of nitrogens with zero attached hydrogens (tertiary/aromatic N) is 3. The number of hydrogen-bond donors (Lipinski definition) is 2. The number of alkyl halides is 3. The highest BCUT2D eigenvalue weighted by atomic mass is 35.5. The minimum Gasteiger partial charge on any atom is -0.611 e. The van der Waals surface area contributed by atoms with Crippen molar-refractivity contribution in [1.29, 1.82) is 5.26 Å². The van der Waals surface area contributed by atoms with E-state index in [1.165, 1.54) is 23.1 Å². The van der Waals surface area contributed by atoms with Gasteiger partial charge in [0.25, 0.3) is 5.91 Å². The van der Waals surface area contributed by atoms with Crippen LogP contribution in [-0.2, 0) is 35.2 Å². The van der Waals surface area contributed by atoms with Gasteiger partial charge in [-0.1, -0.05) is 11.6 Å². The molecule has 0 radical (unpaired) electrons. The van der Waals surface area contributed by atoms with Crippen LogP contribution in [0.4, 0.5) is 23.7 Å². The summed E-state index contributed by atoms with van der Waals surface area (Å²) in [5.41, 5.74) is 3.95. The number of nitrogen functional groups attached to an aromatic ring is 1. The summed E-state index contributed by atoms with van der Waals surface area (Å²) in [6.07, 6.45) is -5.34. The number of anilines is 1. The fourth-order valence-corrected chi connectivity index (χ4v) is 5.60. The topological polar surface area (TPSA) is 135 Å². The van der Waals surface area contributed by atoms with Crippen LogP contribution in [0.5, 0.6) is 0 Å². The number of amides is 2. The first-order valence-electron chi connectivity index (χ1n) is 13.1. The van der Waals surface area contributed by atoms with E-state index in [0.29, 0.717) is 22.3 Å². The van der Waals surface area contributed by atoms with Crippen molar-refractivity contribution in [2.75, 3.05) is 37.7 Å². The van der Waals surface area contributed by atoms with Gasteiger partial charge in [0.1, 0.15) is 11.4 Å². The Labute approximate surface area is 250 Å². The summed E-state index contributed by atoms with van der Waals surface area (Å²) in [5.74, 6) is -0.616. The van der Waals surface area contributed by atoms with Crippen molar-refractivity contribution in [3.63, 3.8) is 0 Å². The average Bonchev–Trinajstić information content (AvgIpc) is 2.92. The van der Waals surface area contributed by atoms with Crippen LogP contribution in [-0.4, -0.2) is 63.9 Å². The lowest BCUT2D eigenvalue weighted by molar-refractivity contribution is -0.138. The molecule has 1 atom stereocenters. The molecule has 0 saturated carbocycles. The molecular formula is C28H33ClF3N5O4S. The van der Waals surface area contributed by atoms with E-state index in [0.717, 1.165) is 0 Å². The highest BCUT2D eigenvalue weighted by molar-refractivity contribution is 7.91. The van der Waals surface area contributed by atoms with Crippen LogP contribution in [0.1, 0.15) is 60.3 Å². The zero-order valence-electron chi connectivity index (χ0n) is 23.7. The molecule has 42 heavy (non-hydrogen) atoms. The molecule has 0 aliphatic carbocycles. The smallest absolute Gasteiger partial charge is 0.416 e. The van der Waals surface area contributed by atoms with E-state index in [9.17, 15) is 32.6 Å². The van der Waals surface area contributed by atoms with Crippen LogP contribution in [0.3, 0.4) is 0 Å². The van der Waals surface area contributed by atoms with E-state index in [4.69, 9.17) is 22.1 Å².